The summed E-state index contributed by atoms with van der Waals surface area (Å²) in [7, 11) is 0. The molecule has 35 heavy (non-hydrogen) atoms. The number of likely N-dealkylation sites (tertiary alicyclic amines) is 1. The number of nitrogens with one attached hydrogen (secondary N) is 2. The predicted molar refractivity (Wildman–Crippen MR) is 123 cm³/mol. The summed E-state index contributed by atoms with van der Waals surface area (Å²) < 4.78 is 15.9. The van der Waals surface area contributed by atoms with Crippen LogP contribution in [0.2, 0.25) is 0 Å². The van der Waals surface area contributed by atoms with Gasteiger partial charge >= 0.3 is 18.0 Å². The van der Waals surface area contributed by atoms with Crippen molar-refractivity contribution in [1.29, 1.82) is 0 Å². The van der Waals surface area contributed by atoms with Gasteiger partial charge in [-0.15, -0.1) is 0 Å². The minimum absolute atomic E-state index is 0.153. The number of rotatable bonds is 7. The van der Waals surface area contributed by atoms with E-state index in [9.17, 15) is 19.2 Å². The van der Waals surface area contributed by atoms with E-state index in [0.29, 0.717) is 31.5 Å². The average Bonchev–Trinajstić information content (AvgIpc) is 3.42. The van der Waals surface area contributed by atoms with E-state index in [1.165, 1.54) is 6.26 Å². The number of furan rings is 1. The van der Waals surface area contributed by atoms with Crippen LogP contribution in [0.15, 0.2) is 64.4 Å². The number of hydrogen-bond acceptors (Lipinski definition) is 7. The quantitative estimate of drug-likeness (QED) is 0.582. The molecule has 4 rings (SSSR count). The SMILES string of the molecule is CCOC(=O)C1=C(COC(=O)C2CCN(C(=O)c3ccco3)CC2)NC(=O)NC1c1ccccc1. The summed E-state index contributed by atoms with van der Waals surface area (Å²) in [5.74, 6) is -1.40. The summed E-state index contributed by atoms with van der Waals surface area (Å²) in [6, 6.07) is 11.0. The van der Waals surface area contributed by atoms with Crippen LogP contribution in [0.4, 0.5) is 4.79 Å². The van der Waals surface area contributed by atoms with E-state index < -0.39 is 29.9 Å². The Morgan fingerprint density at radius 3 is 2.46 bits per heavy atom. The Bertz CT molecular complexity index is 1100. The van der Waals surface area contributed by atoms with Gasteiger partial charge in [-0.3, -0.25) is 9.59 Å². The number of carbonyl (C=O) groups excluding carboxylic acids is 4. The van der Waals surface area contributed by atoms with Gasteiger partial charge in [0.2, 0.25) is 0 Å². The molecule has 184 valence electrons. The van der Waals surface area contributed by atoms with Gasteiger partial charge in [0.05, 0.1) is 36.1 Å². The first-order chi connectivity index (χ1) is 17.0. The molecule has 0 radical (unpaired) electrons. The maximum atomic E-state index is 12.8. The molecule has 10 heteroatoms. The van der Waals surface area contributed by atoms with Crippen molar-refractivity contribution in [3.63, 3.8) is 0 Å². The van der Waals surface area contributed by atoms with E-state index in [-0.39, 0.29) is 36.2 Å². The van der Waals surface area contributed by atoms with Crippen LogP contribution in [0.1, 0.15) is 41.9 Å². The Morgan fingerprint density at radius 2 is 1.80 bits per heavy atom. The highest BCUT2D eigenvalue weighted by atomic mass is 16.5. The van der Waals surface area contributed by atoms with Gasteiger partial charge < -0.3 is 29.4 Å². The number of ether oxygens (including phenoxy) is 2. The maximum absolute atomic E-state index is 12.8. The van der Waals surface area contributed by atoms with Crippen LogP contribution in [0, 0.1) is 5.92 Å². The van der Waals surface area contributed by atoms with Gasteiger partial charge in [-0.2, -0.15) is 0 Å². The highest BCUT2D eigenvalue weighted by Crippen LogP contribution is 2.28. The monoisotopic (exact) mass is 481 g/mol. The second kappa shape index (κ2) is 10.9. The molecular formula is C25H27N3O7. The van der Waals surface area contributed by atoms with Crippen LogP contribution < -0.4 is 10.6 Å². The first-order valence-corrected chi connectivity index (χ1v) is 11.5. The Hall–Kier alpha value is -4.08. The molecule has 2 N–H and O–H groups in total. The van der Waals surface area contributed by atoms with Crippen LogP contribution in [-0.4, -0.2) is 55.1 Å². The molecule has 0 bridgehead atoms. The number of nitrogens with zero attached hydrogens (tertiary/aromatic N) is 1. The average molecular weight is 482 g/mol. The molecule has 1 saturated heterocycles. The van der Waals surface area contributed by atoms with Crippen LogP contribution >= 0.6 is 0 Å². The number of piperidine rings is 1. The first kappa shape index (κ1) is 24.1. The topological polar surface area (TPSA) is 127 Å². The third-order valence-electron chi connectivity index (χ3n) is 5.99. The fourth-order valence-corrected chi connectivity index (χ4v) is 4.21. The lowest BCUT2D eigenvalue weighted by molar-refractivity contribution is -0.149. The molecule has 2 aliphatic rings. The Balaban J connectivity index is 1.43. The second-order valence-electron chi connectivity index (χ2n) is 8.21. The van der Waals surface area contributed by atoms with Crippen molar-refractivity contribution in [3.8, 4) is 0 Å². The van der Waals surface area contributed by atoms with Gasteiger partial charge in [0.15, 0.2) is 5.76 Å². The lowest BCUT2D eigenvalue weighted by atomic mass is 9.95. The summed E-state index contributed by atoms with van der Waals surface area (Å²) in [5, 5.41) is 5.33. The summed E-state index contributed by atoms with van der Waals surface area (Å²) >= 11 is 0. The van der Waals surface area contributed by atoms with Crippen molar-refractivity contribution in [3.05, 3.63) is 71.3 Å². The molecule has 3 heterocycles. The Kier molecular flexibility index (Phi) is 7.49. The second-order valence-corrected chi connectivity index (χ2v) is 8.21. The molecule has 1 aromatic carbocycles. The van der Waals surface area contributed by atoms with Crippen LogP contribution in [-0.2, 0) is 19.1 Å². The van der Waals surface area contributed by atoms with Crippen molar-refractivity contribution in [2.24, 2.45) is 5.92 Å². The largest absolute Gasteiger partial charge is 0.463 e. The highest BCUT2D eigenvalue weighted by molar-refractivity contribution is 5.95. The van der Waals surface area contributed by atoms with Crippen molar-refractivity contribution in [2.75, 3.05) is 26.3 Å². The lowest BCUT2D eigenvalue weighted by Gasteiger charge is -2.31. The van der Waals surface area contributed by atoms with Crippen molar-refractivity contribution >= 4 is 23.9 Å². The summed E-state index contributed by atoms with van der Waals surface area (Å²) in [6.45, 7) is 2.35. The number of hydrogen-bond donors (Lipinski definition) is 2. The number of carbonyl (C=O) groups is 4. The van der Waals surface area contributed by atoms with Gasteiger partial charge in [0.25, 0.3) is 5.91 Å². The molecule has 3 amide bonds. The number of urea groups is 1. The van der Waals surface area contributed by atoms with Gasteiger partial charge in [0.1, 0.15) is 6.61 Å². The smallest absolute Gasteiger partial charge is 0.338 e. The number of benzene rings is 1. The van der Waals surface area contributed by atoms with E-state index >= 15 is 0 Å². The van der Waals surface area contributed by atoms with E-state index in [2.05, 4.69) is 10.6 Å². The summed E-state index contributed by atoms with van der Waals surface area (Å²) in [6.07, 6.45) is 2.32. The summed E-state index contributed by atoms with van der Waals surface area (Å²) in [5.41, 5.74) is 1.06. The fourth-order valence-electron chi connectivity index (χ4n) is 4.21. The Morgan fingerprint density at radius 1 is 1.06 bits per heavy atom. The third-order valence-corrected chi connectivity index (χ3v) is 5.99. The van der Waals surface area contributed by atoms with Crippen LogP contribution in [0.3, 0.4) is 0 Å². The molecule has 1 fully saturated rings. The number of amides is 3. The normalized spacial score (nSPS) is 18.5. The van der Waals surface area contributed by atoms with Crippen LogP contribution in [0.25, 0.3) is 0 Å². The lowest BCUT2D eigenvalue weighted by Crippen LogP contribution is -2.47. The van der Waals surface area contributed by atoms with E-state index in [1.54, 1.807) is 48.2 Å². The van der Waals surface area contributed by atoms with Gasteiger partial charge in [-0.25, -0.2) is 9.59 Å². The van der Waals surface area contributed by atoms with E-state index in [0.717, 1.165) is 0 Å². The fraction of sp³-hybridized carbons (Fsp3) is 0.360. The first-order valence-electron chi connectivity index (χ1n) is 11.5. The van der Waals surface area contributed by atoms with Gasteiger partial charge in [-0.05, 0) is 37.5 Å². The standard InChI is InChI=1S/C25H27N3O7/c1-2-33-24(31)20-18(26-25(32)27-21(20)16-7-4-3-5-8-16)15-35-23(30)17-10-12-28(13-11-17)22(29)19-9-6-14-34-19/h3-9,14,17,21H,2,10-13,15H2,1H3,(H2,26,27,32). The molecule has 0 spiro atoms. The van der Waals surface area contributed by atoms with Gasteiger partial charge in [0, 0.05) is 13.1 Å². The zero-order valence-corrected chi connectivity index (χ0v) is 19.3. The molecule has 2 aliphatic heterocycles. The molecule has 1 unspecified atom stereocenters. The molecule has 1 aromatic heterocycles. The zero-order valence-electron chi connectivity index (χ0n) is 19.3. The maximum Gasteiger partial charge on any atom is 0.338 e. The van der Waals surface area contributed by atoms with Crippen molar-refractivity contribution in [2.45, 2.75) is 25.8 Å². The number of esters is 2. The predicted octanol–water partition coefficient (Wildman–Crippen LogP) is 2.55. The highest BCUT2D eigenvalue weighted by Gasteiger charge is 2.35. The molecular weight excluding hydrogens is 454 g/mol. The van der Waals surface area contributed by atoms with Gasteiger partial charge in [-0.1, -0.05) is 30.3 Å². The van der Waals surface area contributed by atoms with E-state index in [1.807, 2.05) is 6.07 Å². The minimum Gasteiger partial charge on any atom is -0.463 e. The molecule has 1 atom stereocenters. The molecule has 0 aliphatic carbocycles. The third kappa shape index (κ3) is 5.53. The molecule has 2 aromatic rings. The minimum atomic E-state index is -0.742. The van der Waals surface area contributed by atoms with Crippen LogP contribution in [0.5, 0.6) is 0 Å². The molecule has 10 nitrogen and oxygen atoms in total. The summed E-state index contributed by atoms with van der Waals surface area (Å²) in [4.78, 5) is 52.0. The Labute approximate surface area is 202 Å². The van der Waals surface area contributed by atoms with E-state index in [4.69, 9.17) is 13.9 Å². The zero-order chi connectivity index (χ0) is 24.8. The van der Waals surface area contributed by atoms with Crippen molar-refractivity contribution < 1.29 is 33.1 Å². The van der Waals surface area contributed by atoms with Crippen molar-refractivity contribution in [1.82, 2.24) is 15.5 Å². The molecule has 0 saturated carbocycles.